The third-order valence-electron chi connectivity index (χ3n) is 5.35. The molecule has 1 aliphatic heterocycles. The molecule has 3 heterocycles. The molecule has 1 fully saturated rings. The van der Waals surface area contributed by atoms with Crippen molar-refractivity contribution in [2.45, 2.75) is 31.8 Å². The Labute approximate surface area is 174 Å². The molecule has 156 valence electrons. The highest BCUT2D eigenvalue weighted by Crippen LogP contribution is 2.34. The number of benzene rings is 1. The molecule has 4 rings (SSSR count). The van der Waals surface area contributed by atoms with Crippen molar-refractivity contribution in [1.82, 2.24) is 15.2 Å². The fourth-order valence-corrected chi connectivity index (χ4v) is 3.61. The van der Waals surface area contributed by atoms with Crippen molar-refractivity contribution in [1.29, 1.82) is 0 Å². The zero-order valence-electron chi connectivity index (χ0n) is 17.0. The zero-order chi connectivity index (χ0) is 21.1. The van der Waals surface area contributed by atoms with Crippen LogP contribution in [0.1, 0.15) is 53.9 Å². The van der Waals surface area contributed by atoms with Gasteiger partial charge < -0.3 is 19.4 Å². The number of carbonyl (C=O) groups excluding carboxylic acids is 1. The summed E-state index contributed by atoms with van der Waals surface area (Å²) in [5, 5.41) is 3.10. The van der Waals surface area contributed by atoms with Crippen LogP contribution in [0.3, 0.4) is 0 Å². The maximum atomic E-state index is 13.1. The zero-order valence-corrected chi connectivity index (χ0v) is 17.0. The number of amides is 1. The van der Waals surface area contributed by atoms with Crippen molar-refractivity contribution in [3.63, 3.8) is 0 Å². The van der Waals surface area contributed by atoms with Gasteiger partial charge in [0.25, 0.3) is 5.91 Å². The van der Waals surface area contributed by atoms with Gasteiger partial charge in [-0.15, -0.1) is 0 Å². The van der Waals surface area contributed by atoms with Crippen molar-refractivity contribution in [2.24, 2.45) is 0 Å². The van der Waals surface area contributed by atoms with Crippen molar-refractivity contribution in [3.8, 4) is 11.5 Å². The van der Waals surface area contributed by atoms with Crippen LogP contribution in [0.4, 0.5) is 4.39 Å². The number of nitrogens with zero attached hydrogens (tertiary/aromatic N) is 2. The predicted octanol–water partition coefficient (Wildman–Crippen LogP) is 4.86. The van der Waals surface area contributed by atoms with Gasteiger partial charge in [-0.2, -0.15) is 0 Å². The number of halogens is 1. The molecule has 0 spiro atoms. The first-order valence-electron chi connectivity index (χ1n) is 10.0. The molecule has 30 heavy (non-hydrogen) atoms. The van der Waals surface area contributed by atoms with E-state index >= 15 is 0 Å². The number of nitrogens with one attached hydrogen (secondary N) is 1. The van der Waals surface area contributed by atoms with Crippen LogP contribution in [0.25, 0.3) is 0 Å². The van der Waals surface area contributed by atoms with Gasteiger partial charge in [0.1, 0.15) is 23.1 Å². The van der Waals surface area contributed by atoms with Crippen LogP contribution in [0, 0.1) is 5.82 Å². The van der Waals surface area contributed by atoms with Crippen molar-refractivity contribution >= 4 is 5.91 Å². The lowest BCUT2D eigenvalue weighted by Gasteiger charge is -2.23. The Bertz CT molecular complexity index is 1020. The molecule has 3 aromatic rings. The number of aromatic nitrogens is 1. The number of rotatable bonds is 6. The van der Waals surface area contributed by atoms with E-state index in [4.69, 9.17) is 9.15 Å². The molecule has 2 atom stereocenters. The summed E-state index contributed by atoms with van der Waals surface area (Å²) in [5.41, 5.74) is 0.760. The maximum absolute atomic E-state index is 13.1. The SMILES string of the molecule is CNC(C)c1ccc(C(=O)N2CCCC2c2cc(Oc3ccc(F)cc3)ccn2)o1. The number of furan rings is 1. The summed E-state index contributed by atoms with van der Waals surface area (Å²) in [7, 11) is 1.85. The number of ether oxygens (including phenoxy) is 1. The smallest absolute Gasteiger partial charge is 0.290 e. The lowest BCUT2D eigenvalue weighted by Crippen LogP contribution is -2.30. The molecule has 0 bridgehead atoms. The Hall–Kier alpha value is -3.19. The van der Waals surface area contributed by atoms with Gasteiger partial charge in [0.2, 0.25) is 0 Å². The van der Waals surface area contributed by atoms with E-state index in [0.717, 1.165) is 24.3 Å². The first-order chi connectivity index (χ1) is 14.5. The predicted molar refractivity (Wildman–Crippen MR) is 110 cm³/mol. The molecule has 1 N–H and O–H groups in total. The highest BCUT2D eigenvalue weighted by molar-refractivity contribution is 5.92. The fourth-order valence-electron chi connectivity index (χ4n) is 3.61. The van der Waals surface area contributed by atoms with Gasteiger partial charge in [-0.05, 0) is 69.3 Å². The second-order valence-corrected chi connectivity index (χ2v) is 7.34. The topological polar surface area (TPSA) is 67.6 Å². The van der Waals surface area contributed by atoms with E-state index in [0.29, 0.717) is 23.8 Å². The molecule has 1 saturated heterocycles. The monoisotopic (exact) mass is 409 g/mol. The summed E-state index contributed by atoms with van der Waals surface area (Å²) >= 11 is 0. The number of hydrogen-bond acceptors (Lipinski definition) is 5. The number of likely N-dealkylation sites (tertiary alicyclic amines) is 1. The average Bonchev–Trinajstić information content (AvgIpc) is 3.45. The van der Waals surface area contributed by atoms with Crippen LogP contribution in [-0.2, 0) is 0 Å². The first-order valence-corrected chi connectivity index (χ1v) is 10.0. The van der Waals surface area contributed by atoms with Crippen LogP contribution in [0.5, 0.6) is 11.5 Å². The normalized spacial score (nSPS) is 17.2. The van der Waals surface area contributed by atoms with Crippen molar-refractivity contribution in [3.05, 3.63) is 77.8 Å². The Morgan fingerprint density at radius 1 is 1.23 bits per heavy atom. The quantitative estimate of drug-likeness (QED) is 0.630. The second kappa shape index (κ2) is 8.67. The average molecular weight is 409 g/mol. The van der Waals surface area contributed by atoms with Crippen LogP contribution in [0.2, 0.25) is 0 Å². The van der Waals surface area contributed by atoms with Crippen LogP contribution >= 0.6 is 0 Å². The van der Waals surface area contributed by atoms with Crippen LogP contribution in [0.15, 0.2) is 59.1 Å². The second-order valence-electron chi connectivity index (χ2n) is 7.34. The highest BCUT2D eigenvalue weighted by atomic mass is 19.1. The minimum absolute atomic E-state index is 0.0304. The van der Waals surface area contributed by atoms with Gasteiger partial charge in [-0.1, -0.05) is 0 Å². The van der Waals surface area contributed by atoms with E-state index in [1.165, 1.54) is 12.1 Å². The molecule has 2 aromatic heterocycles. The van der Waals surface area contributed by atoms with Crippen molar-refractivity contribution < 1.29 is 18.3 Å². The summed E-state index contributed by atoms with van der Waals surface area (Å²) in [6.07, 6.45) is 3.37. The third kappa shape index (κ3) is 4.21. The lowest BCUT2D eigenvalue weighted by molar-refractivity contribution is 0.0697. The van der Waals surface area contributed by atoms with E-state index in [1.54, 1.807) is 35.4 Å². The van der Waals surface area contributed by atoms with Gasteiger partial charge >= 0.3 is 0 Å². The summed E-state index contributed by atoms with van der Waals surface area (Å²) in [6, 6.07) is 12.8. The maximum Gasteiger partial charge on any atom is 0.290 e. The molecule has 1 amide bonds. The summed E-state index contributed by atoms with van der Waals surface area (Å²) in [5.74, 6) is 1.73. The fraction of sp³-hybridized carbons (Fsp3) is 0.304. The molecular formula is C23H24FN3O3. The molecule has 1 aromatic carbocycles. The number of carbonyl (C=O) groups is 1. The molecule has 0 radical (unpaired) electrons. The minimum Gasteiger partial charge on any atom is -0.457 e. The van der Waals surface area contributed by atoms with Gasteiger partial charge in [-0.3, -0.25) is 9.78 Å². The van der Waals surface area contributed by atoms with Gasteiger partial charge in [0.05, 0.1) is 17.8 Å². The summed E-state index contributed by atoms with van der Waals surface area (Å²) in [6.45, 7) is 2.62. The Balaban J connectivity index is 1.52. The standard InChI is InChI=1S/C23H24FN3O3/c1-15(25-2)21-9-10-22(30-21)23(28)27-13-3-4-20(27)19-14-18(11-12-26-19)29-17-7-5-16(24)6-8-17/h5-12,14-15,20,25H,3-4,13H2,1-2H3. The summed E-state index contributed by atoms with van der Waals surface area (Å²) < 4.78 is 24.7. The van der Waals surface area contributed by atoms with Crippen molar-refractivity contribution in [2.75, 3.05) is 13.6 Å². The minimum atomic E-state index is -0.317. The van der Waals surface area contributed by atoms with Gasteiger partial charge in [0, 0.05) is 18.8 Å². The largest absolute Gasteiger partial charge is 0.457 e. The van der Waals surface area contributed by atoms with E-state index < -0.39 is 0 Å². The molecule has 0 aliphatic carbocycles. The van der Waals surface area contributed by atoms with Crippen LogP contribution < -0.4 is 10.1 Å². The van der Waals surface area contributed by atoms with Gasteiger partial charge in [-0.25, -0.2) is 4.39 Å². The van der Waals surface area contributed by atoms with Crippen LogP contribution in [-0.4, -0.2) is 29.4 Å². The van der Waals surface area contributed by atoms with E-state index in [9.17, 15) is 9.18 Å². The molecule has 0 saturated carbocycles. The Kier molecular flexibility index (Phi) is 5.81. The van der Waals surface area contributed by atoms with E-state index in [1.807, 2.05) is 26.1 Å². The Morgan fingerprint density at radius 3 is 2.80 bits per heavy atom. The third-order valence-corrected chi connectivity index (χ3v) is 5.35. The molecular weight excluding hydrogens is 385 g/mol. The van der Waals surface area contributed by atoms with E-state index in [2.05, 4.69) is 10.3 Å². The highest BCUT2D eigenvalue weighted by Gasteiger charge is 2.33. The molecule has 1 aliphatic rings. The van der Waals surface area contributed by atoms with Gasteiger partial charge in [0.15, 0.2) is 5.76 Å². The van der Waals surface area contributed by atoms with E-state index in [-0.39, 0.29) is 23.8 Å². The number of hydrogen-bond donors (Lipinski definition) is 1. The molecule has 2 unspecified atom stereocenters. The summed E-state index contributed by atoms with van der Waals surface area (Å²) in [4.78, 5) is 19.4. The molecule has 6 nitrogen and oxygen atoms in total. The lowest BCUT2D eigenvalue weighted by atomic mass is 10.1. The molecule has 7 heteroatoms. The first kappa shape index (κ1) is 20.1. The number of pyridine rings is 1. The Morgan fingerprint density at radius 2 is 2.03 bits per heavy atom.